The number of aryl methyl sites for hydroxylation is 1. The fourth-order valence-electron chi connectivity index (χ4n) is 1.61. The number of benzene rings is 1. The first-order chi connectivity index (χ1) is 8.15. The van der Waals surface area contributed by atoms with Crippen molar-refractivity contribution in [1.82, 2.24) is 0 Å². The van der Waals surface area contributed by atoms with Crippen LogP contribution in [0.15, 0.2) is 30.3 Å². The highest BCUT2D eigenvalue weighted by Crippen LogP contribution is 2.20. The van der Waals surface area contributed by atoms with Gasteiger partial charge >= 0.3 is 5.97 Å². The number of carbonyl (C=O) groups is 1. The van der Waals surface area contributed by atoms with Gasteiger partial charge in [-0.2, -0.15) is 0 Å². The average Bonchev–Trinajstić information content (AvgIpc) is 2.32. The van der Waals surface area contributed by atoms with Crippen molar-refractivity contribution in [3.8, 4) is 0 Å². The quantitative estimate of drug-likeness (QED) is 0.593. The van der Waals surface area contributed by atoms with Crippen molar-refractivity contribution in [2.45, 2.75) is 20.1 Å². The van der Waals surface area contributed by atoms with Gasteiger partial charge in [0.05, 0.1) is 6.61 Å². The Morgan fingerprint density at radius 2 is 2.35 bits per heavy atom. The summed E-state index contributed by atoms with van der Waals surface area (Å²) in [5.41, 5.74) is 2.15. The number of rotatable bonds is 3. The SMILES string of the molecule is Cc1cccc(C=CC(=O)OC2OCC2C)c1. The highest BCUT2D eigenvalue weighted by atomic mass is 16.7. The summed E-state index contributed by atoms with van der Waals surface area (Å²) in [6.07, 6.45) is 2.81. The summed E-state index contributed by atoms with van der Waals surface area (Å²) in [7, 11) is 0. The van der Waals surface area contributed by atoms with Crippen LogP contribution in [-0.2, 0) is 14.3 Å². The molecule has 3 heteroatoms. The Bertz CT molecular complexity index is 437. The minimum Gasteiger partial charge on any atom is -0.432 e. The summed E-state index contributed by atoms with van der Waals surface area (Å²) in [6.45, 7) is 4.67. The van der Waals surface area contributed by atoms with Crippen molar-refractivity contribution in [2.75, 3.05) is 6.61 Å². The van der Waals surface area contributed by atoms with Gasteiger partial charge in [0.2, 0.25) is 6.29 Å². The number of hydrogen-bond donors (Lipinski definition) is 0. The Kier molecular flexibility index (Phi) is 3.59. The molecule has 0 aromatic heterocycles. The van der Waals surface area contributed by atoms with Gasteiger partial charge in [0.25, 0.3) is 0 Å². The van der Waals surface area contributed by atoms with E-state index >= 15 is 0 Å². The largest absolute Gasteiger partial charge is 0.432 e. The third-order valence-electron chi connectivity index (χ3n) is 2.67. The molecule has 0 spiro atoms. The summed E-state index contributed by atoms with van der Waals surface area (Å²) in [5.74, 6) is -0.0608. The molecule has 1 aromatic rings. The molecule has 0 aliphatic carbocycles. The number of carbonyl (C=O) groups excluding carboxylic acids is 1. The van der Waals surface area contributed by atoms with Crippen LogP contribution in [0, 0.1) is 12.8 Å². The molecule has 0 N–H and O–H groups in total. The van der Waals surface area contributed by atoms with E-state index in [-0.39, 0.29) is 12.3 Å². The number of ether oxygens (including phenoxy) is 2. The van der Waals surface area contributed by atoms with Gasteiger partial charge in [0, 0.05) is 12.0 Å². The van der Waals surface area contributed by atoms with Gasteiger partial charge in [-0.15, -0.1) is 0 Å². The fourth-order valence-corrected chi connectivity index (χ4v) is 1.61. The number of hydrogen-bond acceptors (Lipinski definition) is 3. The second-order valence-electron chi connectivity index (χ2n) is 4.36. The maximum atomic E-state index is 11.5. The maximum absolute atomic E-state index is 11.5. The Hall–Kier alpha value is -1.61. The standard InChI is InChI=1S/C14H16O3/c1-10-4-3-5-12(8-10)6-7-13(15)17-14-11(2)9-16-14/h3-8,11,14H,9H2,1-2H3. The zero-order chi connectivity index (χ0) is 12.3. The summed E-state index contributed by atoms with van der Waals surface area (Å²) in [4.78, 5) is 11.5. The molecule has 1 aliphatic rings. The first-order valence-corrected chi connectivity index (χ1v) is 5.72. The average molecular weight is 232 g/mol. The lowest BCUT2D eigenvalue weighted by molar-refractivity contribution is -0.242. The van der Waals surface area contributed by atoms with Crippen molar-refractivity contribution in [3.63, 3.8) is 0 Å². The van der Waals surface area contributed by atoms with Crippen molar-refractivity contribution in [2.24, 2.45) is 5.92 Å². The summed E-state index contributed by atoms with van der Waals surface area (Å²) < 4.78 is 10.2. The van der Waals surface area contributed by atoms with Crippen molar-refractivity contribution >= 4 is 12.0 Å². The van der Waals surface area contributed by atoms with E-state index in [0.717, 1.165) is 11.1 Å². The van der Waals surface area contributed by atoms with Gasteiger partial charge in [-0.3, -0.25) is 0 Å². The highest BCUT2D eigenvalue weighted by molar-refractivity contribution is 5.87. The van der Waals surface area contributed by atoms with E-state index in [0.29, 0.717) is 12.5 Å². The minimum absolute atomic E-state index is 0.298. The van der Waals surface area contributed by atoms with Crippen LogP contribution in [0.5, 0.6) is 0 Å². The first-order valence-electron chi connectivity index (χ1n) is 5.72. The van der Waals surface area contributed by atoms with E-state index < -0.39 is 0 Å². The Labute approximate surface area is 101 Å². The molecule has 0 bridgehead atoms. The molecule has 1 heterocycles. The lowest BCUT2D eigenvalue weighted by atomic mass is 10.1. The van der Waals surface area contributed by atoms with Gasteiger partial charge in [0.1, 0.15) is 0 Å². The molecule has 0 amide bonds. The molecule has 1 saturated heterocycles. The number of esters is 1. The van der Waals surface area contributed by atoms with Gasteiger partial charge in [-0.25, -0.2) is 4.79 Å². The van der Waals surface area contributed by atoms with E-state index in [1.54, 1.807) is 6.08 Å². The van der Waals surface area contributed by atoms with Gasteiger partial charge in [-0.05, 0) is 18.6 Å². The van der Waals surface area contributed by atoms with Crippen molar-refractivity contribution in [3.05, 3.63) is 41.5 Å². The molecule has 2 rings (SSSR count). The van der Waals surface area contributed by atoms with Crippen LogP contribution in [0.25, 0.3) is 6.08 Å². The minimum atomic E-state index is -0.371. The van der Waals surface area contributed by atoms with E-state index in [4.69, 9.17) is 9.47 Å². The third-order valence-corrected chi connectivity index (χ3v) is 2.67. The van der Waals surface area contributed by atoms with E-state index in [9.17, 15) is 4.79 Å². The third kappa shape index (κ3) is 3.17. The molecular formula is C14H16O3. The molecule has 1 aromatic carbocycles. The Balaban J connectivity index is 1.89. The Morgan fingerprint density at radius 3 is 2.94 bits per heavy atom. The van der Waals surface area contributed by atoms with E-state index in [2.05, 4.69) is 0 Å². The molecule has 2 unspecified atom stereocenters. The molecule has 1 aliphatic heterocycles. The molecule has 0 radical (unpaired) electrons. The lowest BCUT2D eigenvalue weighted by Crippen LogP contribution is -2.40. The smallest absolute Gasteiger partial charge is 0.333 e. The second-order valence-corrected chi connectivity index (χ2v) is 4.36. The normalized spacial score (nSPS) is 23.4. The summed E-state index contributed by atoms with van der Waals surface area (Å²) in [5, 5.41) is 0. The van der Waals surface area contributed by atoms with Crippen LogP contribution in [0.4, 0.5) is 0 Å². The van der Waals surface area contributed by atoms with Crippen molar-refractivity contribution < 1.29 is 14.3 Å². The van der Waals surface area contributed by atoms with Crippen LogP contribution in [-0.4, -0.2) is 18.9 Å². The van der Waals surface area contributed by atoms with Gasteiger partial charge in [0.15, 0.2) is 0 Å². The van der Waals surface area contributed by atoms with Gasteiger partial charge < -0.3 is 9.47 Å². The molecule has 17 heavy (non-hydrogen) atoms. The zero-order valence-corrected chi connectivity index (χ0v) is 10.1. The maximum Gasteiger partial charge on any atom is 0.333 e. The van der Waals surface area contributed by atoms with E-state index in [1.807, 2.05) is 38.1 Å². The highest BCUT2D eigenvalue weighted by Gasteiger charge is 2.30. The molecule has 3 nitrogen and oxygen atoms in total. The predicted molar refractivity (Wildman–Crippen MR) is 65.2 cm³/mol. The van der Waals surface area contributed by atoms with Crippen molar-refractivity contribution in [1.29, 1.82) is 0 Å². The zero-order valence-electron chi connectivity index (χ0n) is 10.1. The van der Waals surface area contributed by atoms with Crippen LogP contribution in [0.1, 0.15) is 18.1 Å². The molecule has 0 saturated carbocycles. The predicted octanol–water partition coefficient (Wildman–Crippen LogP) is 2.54. The van der Waals surface area contributed by atoms with Crippen LogP contribution >= 0.6 is 0 Å². The first kappa shape index (κ1) is 11.9. The summed E-state index contributed by atoms with van der Waals surface area (Å²) >= 11 is 0. The second kappa shape index (κ2) is 5.15. The van der Waals surface area contributed by atoms with Crippen LogP contribution in [0.3, 0.4) is 0 Å². The Morgan fingerprint density at radius 1 is 1.53 bits per heavy atom. The molecule has 90 valence electrons. The summed E-state index contributed by atoms with van der Waals surface area (Å²) in [6, 6.07) is 7.92. The van der Waals surface area contributed by atoms with Crippen LogP contribution < -0.4 is 0 Å². The monoisotopic (exact) mass is 232 g/mol. The van der Waals surface area contributed by atoms with Gasteiger partial charge in [-0.1, -0.05) is 36.8 Å². The topological polar surface area (TPSA) is 35.5 Å². The molecular weight excluding hydrogens is 216 g/mol. The lowest BCUT2D eigenvalue weighted by Gasteiger charge is -2.32. The molecule has 2 atom stereocenters. The van der Waals surface area contributed by atoms with E-state index in [1.165, 1.54) is 6.08 Å². The molecule has 1 fully saturated rings. The van der Waals surface area contributed by atoms with Crippen LogP contribution in [0.2, 0.25) is 0 Å². The fraction of sp³-hybridized carbons (Fsp3) is 0.357.